The number of alkyl halides is 3. The molecule has 1 aromatic heterocycles. The lowest BCUT2D eigenvalue weighted by atomic mass is 9.98. The number of aromatic nitrogens is 1. The summed E-state index contributed by atoms with van der Waals surface area (Å²) < 4.78 is 40.1. The van der Waals surface area contributed by atoms with Gasteiger partial charge in [0.2, 0.25) is 5.91 Å². The first kappa shape index (κ1) is 28.9. The average molecular weight is 511 g/mol. The predicted molar refractivity (Wildman–Crippen MR) is 130 cm³/mol. The van der Waals surface area contributed by atoms with Crippen molar-refractivity contribution in [2.75, 3.05) is 45.1 Å². The molecule has 1 aliphatic heterocycles. The van der Waals surface area contributed by atoms with Crippen molar-refractivity contribution in [1.29, 1.82) is 0 Å². The molecule has 0 atom stereocenters. The summed E-state index contributed by atoms with van der Waals surface area (Å²) in [5, 5.41) is 15.2. The Balaban J connectivity index is 0.00000145. The van der Waals surface area contributed by atoms with E-state index in [2.05, 4.69) is 15.6 Å². The first-order valence-electron chi connectivity index (χ1n) is 11.6. The van der Waals surface area contributed by atoms with E-state index < -0.39 is 17.8 Å². The van der Waals surface area contributed by atoms with E-state index in [-0.39, 0.29) is 37.8 Å². The lowest BCUT2D eigenvalue weighted by molar-refractivity contribution is -0.140. The van der Waals surface area contributed by atoms with Crippen LogP contribution in [0.25, 0.3) is 0 Å². The highest BCUT2D eigenvalue weighted by atomic mass is 19.4. The number of nitrogens with zero attached hydrogens (tertiary/aromatic N) is 3. The van der Waals surface area contributed by atoms with Crippen molar-refractivity contribution in [3.8, 4) is 0 Å². The molecule has 198 valence electrons. The van der Waals surface area contributed by atoms with Gasteiger partial charge in [-0.25, -0.2) is 4.79 Å². The Morgan fingerprint density at radius 1 is 1.25 bits per heavy atom. The second-order valence-corrected chi connectivity index (χ2v) is 8.07. The van der Waals surface area contributed by atoms with Crippen LogP contribution < -0.4 is 16.4 Å². The number of hydrogen-bond donors (Lipinski definition) is 4. The van der Waals surface area contributed by atoms with Crippen LogP contribution in [0.5, 0.6) is 0 Å². The number of nitrogens with two attached hydrogens (primary N) is 1. The summed E-state index contributed by atoms with van der Waals surface area (Å²) >= 11 is 0. The summed E-state index contributed by atoms with van der Waals surface area (Å²) in [5.41, 5.74) is 6.29. The fourth-order valence-electron chi connectivity index (χ4n) is 3.76. The van der Waals surface area contributed by atoms with Gasteiger partial charge in [-0.05, 0) is 49.3 Å². The summed E-state index contributed by atoms with van der Waals surface area (Å²) in [5.74, 6) is -0.371. The molecule has 0 bridgehead atoms. The zero-order valence-electron chi connectivity index (χ0n) is 20.4. The molecule has 0 fully saturated rings. The Morgan fingerprint density at radius 3 is 2.61 bits per heavy atom. The molecule has 2 amide bonds. The number of carbonyl (C=O) groups is 2. The maximum absolute atomic E-state index is 13.4. The standard InChI is InChI=1S/C22H26F3N5O3.C2H7N/c1-26-9-11-29(14-19-17(22(23,24)25)5-3-8-27-19)20(31)12-28-18-6-2-4-15-13-30(21(32)33)10-7-16(15)18;1-2-3/h2-6,8,26,28H,7,9-14H2,1H3,(H,32,33);2-3H2,1H3. The molecule has 3 rings (SSSR count). The van der Waals surface area contributed by atoms with Gasteiger partial charge in [-0.15, -0.1) is 0 Å². The van der Waals surface area contributed by atoms with Crippen molar-refractivity contribution in [3.05, 3.63) is 58.9 Å². The molecule has 36 heavy (non-hydrogen) atoms. The van der Waals surface area contributed by atoms with Gasteiger partial charge in [0.1, 0.15) is 0 Å². The van der Waals surface area contributed by atoms with E-state index in [1.54, 1.807) is 19.2 Å². The number of halogens is 3. The second kappa shape index (κ2) is 13.6. The molecule has 0 radical (unpaired) electrons. The van der Waals surface area contributed by atoms with E-state index in [1.165, 1.54) is 22.1 Å². The molecule has 2 heterocycles. The van der Waals surface area contributed by atoms with Crippen LogP contribution in [0.4, 0.5) is 23.7 Å². The van der Waals surface area contributed by atoms with Crippen molar-refractivity contribution >= 4 is 17.7 Å². The first-order chi connectivity index (χ1) is 17.1. The topological polar surface area (TPSA) is 124 Å². The second-order valence-electron chi connectivity index (χ2n) is 8.07. The molecule has 1 aliphatic rings. The van der Waals surface area contributed by atoms with Gasteiger partial charge in [0.15, 0.2) is 0 Å². The Bertz CT molecular complexity index is 1020. The van der Waals surface area contributed by atoms with Crippen molar-refractivity contribution in [2.45, 2.75) is 32.6 Å². The normalized spacial score (nSPS) is 12.8. The monoisotopic (exact) mass is 510 g/mol. The number of amides is 2. The zero-order chi connectivity index (χ0) is 26.7. The Hall–Kier alpha value is -3.38. The van der Waals surface area contributed by atoms with Crippen LogP contribution in [-0.2, 0) is 30.5 Å². The van der Waals surface area contributed by atoms with E-state index in [0.717, 1.165) is 23.7 Å². The molecule has 9 nitrogen and oxygen atoms in total. The minimum Gasteiger partial charge on any atom is -0.465 e. The van der Waals surface area contributed by atoms with Crippen molar-refractivity contribution < 1.29 is 27.9 Å². The maximum atomic E-state index is 13.4. The number of nitrogens with one attached hydrogen (secondary N) is 2. The van der Waals surface area contributed by atoms with Gasteiger partial charge in [-0.2, -0.15) is 13.2 Å². The third-order valence-electron chi connectivity index (χ3n) is 5.49. The summed E-state index contributed by atoms with van der Waals surface area (Å²) in [6.07, 6.45) is -3.76. The van der Waals surface area contributed by atoms with Gasteiger partial charge < -0.3 is 31.3 Å². The van der Waals surface area contributed by atoms with Crippen LogP contribution in [0.3, 0.4) is 0 Å². The lowest BCUT2D eigenvalue weighted by Gasteiger charge is -2.28. The van der Waals surface area contributed by atoms with Gasteiger partial charge >= 0.3 is 12.3 Å². The number of rotatable bonds is 8. The summed E-state index contributed by atoms with van der Waals surface area (Å²) in [6.45, 7) is 3.51. The Morgan fingerprint density at radius 2 is 1.97 bits per heavy atom. The van der Waals surface area contributed by atoms with Crippen molar-refractivity contribution in [3.63, 3.8) is 0 Å². The first-order valence-corrected chi connectivity index (χ1v) is 11.6. The molecule has 0 spiro atoms. The third kappa shape index (κ3) is 8.09. The van der Waals surface area contributed by atoms with E-state index in [0.29, 0.717) is 25.2 Å². The summed E-state index contributed by atoms with van der Waals surface area (Å²) in [6, 6.07) is 7.60. The van der Waals surface area contributed by atoms with Crippen molar-refractivity contribution in [2.24, 2.45) is 5.73 Å². The average Bonchev–Trinajstić information content (AvgIpc) is 2.84. The van der Waals surface area contributed by atoms with Crippen LogP contribution in [0.15, 0.2) is 36.5 Å². The van der Waals surface area contributed by atoms with E-state index in [1.807, 2.05) is 13.0 Å². The molecule has 12 heteroatoms. The van der Waals surface area contributed by atoms with Gasteiger partial charge in [-0.1, -0.05) is 19.1 Å². The van der Waals surface area contributed by atoms with Crippen LogP contribution >= 0.6 is 0 Å². The Labute approximate surface area is 208 Å². The fourth-order valence-corrected chi connectivity index (χ4v) is 3.76. The van der Waals surface area contributed by atoms with Crippen LogP contribution in [0, 0.1) is 0 Å². The van der Waals surface area contributed by atoms with Gasteiger partial charge in [0, 0.05) is 38.1 Å². The van der Waals surface area contributed by atoms with Gasteiger partial charge in [0.05, 0.1) is 24.3 Å². The minimum atomic E-state index is -4.56. The maximum Gasteiger partial charge on any atom is 0.418 e. The van der Waals surface area contributed by atoms with Crippen LogP contribution in [0.1, 0.15) is 29.3 Å². The number of carboxylic acid groups (broad SMARTS) is 1. The highest BCUT2D eigenvalue weighted by Crippen LogP contribution is 2.31. The molecule has 5 N–H and O–H groups in total. The molecule has 0 saturated carbocycles. The number of fused-ring (bicyclic) bond motifs is 1. The van der Waals surface area contributed by atoms with E-state index in [4.69, 9.17) is 5.73 Å². The number of anilines is 1. The third-order valence-corrected chi connectivity index (χ3v) is 5.49. The number of benzene rings is 1. The Kier molecular flexibility index (Phi) is 10.9. The van der Waals surface area contributed by atoms with E-state index in [9.17, 15) is 27.9 Å². The highest BCUT2D eigenvalue weighted by Gasteiger charge is 2.34. The molecular formula is C24H33F3N6O3. The number of likely N-dealkylation sites (N-methyl/N-ethyl adjacent to an activating group) is 1. The fraction of sp³-hybridized carbons (Fsp3) is 0.458. The lowest BCUT2D eigenvalue weighted by Crippen LogP contribution is -2.40. The number of hydrogen-bond acceptors (Lipinski definition) is 6. The number of pyridine rings is 1. The predicted octanol–water partition coefficient (Wildman–Crippen LogP) is 2.76. The zero-order valence-corrected chi connectivity index (χ0v) is 20.4. The van der Waals surface area contributed by atoms with E-state index >= 15 is 0 Å². The quantitative estimate of drug-likeness (QED) is 0.431. The van der Waals surface area contributed by atoms with Crippen LogP contribution in [-0.4, -0.2) is 71.7 Å². The largest absolute Gasteiger partial charge is 0.465 e. The number of carbonyl (C=O) groups excluding carboxylic acids is 1. The molecule has 0 unspecified atom stereocenters. The molecular weight excluding hydrogens is 477 g/mol. The van der Waals surface area contributed by atoms with Gasteiger partial charge in [-0.3, -0.25) is 9.78 Å². The van der Waals surface area contributed by atoms with Crippen molar-refractivity contribution in [1.82, 2.24) is 20.1 Å². The SMILES string of the molecule is CCN.CNCCN(Cc1ncccc1C(F)(F)F)C(=O)CNc1cccc2c1CCN(C(=O)O)C2. The molecule has 0 saturated heterocycles. The summed E-state index contributed by atoms with van der Waals surface area (Å²) in [7, 11) is 1.69. The highest BCUT2D eigenvalue weighted by molar-refractivity contribution is 5.81. The minimum absolute atomic E-state index is 0.114. The molecule has 1 aromatic carbocycles. The summed E-state index contributed by atoms with van der Waals surface area (Å²) in [4.78, 5) is 30.7. The molecule has 2 aromatic rings. The van der Waals surface area contributed by atoms with Crippen LogP contribution in [0.2, 0.25) is 0 Å². The van der Waals surface area contributed by atoms with Gasteiger partial charge in [0.25, 0.3) is 0 Å². The molecule has 0 aliphatic carbocycles. The smallest absolute Gasteiger partial charge is 0.418 e.